The molecule has 1 saturated carbocycles. The third kappa shape index (κ3) is 6.04. The lowest BCUT2D eigenvalue weighted by Gasteiger charge is -2.44. The monoisotopic (exact) mass is 593 g/mol. The topological polar surface area (TPSA) is 106 Å². The second-order valence-corrected chi connectivity index (χ2v) is 12.9. The van der Waals surface area contributed by atoms with Crippen molar-refractivity contribution in [3.63, 3.8) is 0 Å². The van der Waals surface area contributed by atoms with Crippen LogP contribution in [0.15, 0.2) is 22.7 Å². The van der Waals surface area contributed by atoms with Crippen LogP contribution in [0.1, 0.15) is 77.3 Å². The predicted octanol–water partition coefficient (Wildman–Crippen LogP) is 3.29. The molecule has 2 aliphatic heterocycles. The first-order chi connectivity index (χ1) is 18.1. The molecule has 10 heteroatoms. The standard InChI is InChI=1S/C28H44BrN5O4/c1-28(2,3)25(27(37)33-16-19(35)15-21(33)26(36)30-4)34-24(17-10-8-6-7-9-11-17)23(31-32-34)18-12-13-22(38-5)20(29)14-18/h12-14,17,19,21,23-25,31-32,35H,6-11,15-16H2,1-5H3,(H,30,36)/t19-,21+,23?,24?,25-/m1/s1. The minimum Gasteiger partial charge on any atom is -0.496 e. The van der Waals surface area contributed by atoms with Crippen LogP contribution < -0.4 is 21.0 Å². The molecule has 0 radical (unpaired) electrons. The van der Waals surface area contributed by atoms with E-state index < -0.39 is 23.6 Å². The van der Waals surface area contributed by atoms with Crippen LogP contribution in [0, 0.1) is 11.3 Å². The molecule has 2 saturated heterocycles. The van der Waals surface area contributed by atoms with E-state index in [1.807, 2.05) is 6.07 Å². The van der Waals surface area contributed by atoms with Crippen LogP contribution in [-0.4, -0.2) is 71.8 Å². The number of methoxy groups -OCH3 is 1. The van der Waals surface area contributed by atoms with E-state index in [1.54, 1.807) is 19.1 Å². The number of carbonyl (C=O) groups excluding carboxylic acids is 2. The lowest BCUT2D eigenvalue weighted by Crippen LogP contribution is -2.62. The Kier molecular flexibility index (Phi) is 9.40. The molecule has 2 unspecified atom stereocenters. The van der Waals surface area contributed by atoms with Gasteiger partial charge in [-0.15, -0.1) is 0 Å². The van der Waals surface area contributed by atoms with Crippen LogP contribution in [0.25, 0.3) is 0 Å². The summed E-state index contributed by atoms with van der Waals surface area (Å²) in [6.45, 7) is 6.37. The van der Waals surface area contributed by atoms with E-state index in [2.05, 4.69) is 70.1 Å². The molecular weight excluding hydrogens is 550 g/mol. The van der Waals surface area contributed by atoms with Crippen LogP contribution in [0.4, 0.5) is 0 Å². The first-order valence-electron chi connectivity index (χ1n) is 13.9. The number of benzene rings is 1. The van der Waals surface area contributed by atoms with E-state index in [9.17, 15) is 14.7 Å². The summed E-state index contributed by atoms with van der Waals surface area (Å²) < 4.78 is 6.35. The summed E-state index contributed by atoms with van der Waals surface area (Å²) in [6.07, 6.45) is 6.59. The summed E-state index contributed by atoms with van der Waals surface area (Å²) in [4.78, 5) is 28.6. The largest absolute Gasteiger partial charge is 0.496 e. The van der Waals surface area contributed by atoms with Gasteiger partial charge in [0.2, 0.25) is 11.8 Å². The molecule has 1 aromatic carbocycles. The Morgan fingerprint density at radius 1 is 1.18 bits per heavy atom. The van der Waals surface area contributed by atoms with E-state index in [0.717, 1.165) is 28.6 Å². The zero-order valence-electron chi connectivity index (χ0n) is 23.3. The minimum atomic E-state index is -0.714. The second kappa shape index (κ2) is 12.2. The second-order valence-electron chi connectivity index (χ2n) is 12.1. The van der Waals surface area contributed by atoms with Crippen LogP contribution in [-0.2, 0) is 9.59 Å². The zero-order valence-corrected chi connectivity index (χ0v) is 24.9. The highest BCUT2D eigenvalue weighted by atomic mass is 79.9. The number of nitrogens with one attached hydrogen (secondary N) is 3. The number of ether oxygens (including phenoxy) is 1. The van der Waals surface area contributed by atoms with E-state index in [1.165, 1.54) is 25.7 Å². The molecule has 0 spiro atoms. The smallest absolute Gasteiger partial charge is 0.242 e. The fourth-order valence-corrected chi connectivity index (χ4v) is 7.10. The molecule has 5 atom stereocenters. The number of likely N-dealkylation sites (N-methyl/N-ethyl adjacent to an activating group) is 1. The average molecular weight is 595 g/mol. The van der Waals surface area contributed by atoms with Crippen molar-refractivity contribution in [2.45, 2.75) is 96.0 Å². The van der Waals surface area contributed by atoms with Crippen LogP contribution >= 0.6 is 15.9 Å². The van der Waals surface area contributed by atoms with Crippen molar-refractivity contribution in [1.82, 2.24) is 26.2 Å². The summed E-state index contributed by atoms with van der Waals surface area (Å²) in [5, 5.41) is 15.2. The van der Waals surface area contributed by atoms with E-state index in [4.69, 9.17) is 4.74 Å². The molecule has 4 N–H and O–H groups in total. The lowest BCUT2D eigenvalue weighted by atomic mass is 9.80. The molecule has 2 amide bonds. The maximum absolute atomic E-state index is 14.3. The van der Waals surface area contributed by atoms with Crippen molar-refractivity contribution < 1.29 is 19.4 Å². The van der Waals surface area contributed by atoms with E-state index in [-0.39, 0.29) is 36.9 Å². The molecule has 38 heavy (non-hydrogen) atoms. The predicted molar refractivity (Wildman–Crippen MR) is 150 cm³/mol. The normalized spacial score (nSPS) is 28.2. The molecule has 0 bridgehead atoms. The van der Waals surface area contributed by atoms with Gasteiger partial charge in [-0.25, -0.2) is 10.4 Å². The highest BCUT2D eigenvalue weighted by molar-refractivity contribution is 9.10. The highest BCUT2D eigenvalue weighted by Gasteiger charge is 2.52. The number of nitrogens with zero attached hydrogens (tertiary/aromatic N) is 2. The molecule has 4 rings (SSSR count). The number of amides is 2. The molecule has 0 aromatic heterocycles. The van der Waals surface area contributed by atoms with Gasteiger partial charge in [0.15, 0.2) is 0 Å². The maximum atomic E-state index is 14.3. The van der Waals surface area contributed by atoms with Crippen molar-refractivity contribution in [2.24, 2.45) is 11.3 Å². The van der Waals surface area contributed by atoms with Crippen molar-refractivity contribution in [1.29, 1.82) is 0 Å². The minimum absolute atomic E-state index is 0.0209. The Bertz CT molecular complexity index is 994. The van der Waals surface area contributed by atoms with Gasteiger partial charge in [-0.3, -0.25) is 9.59 Å². The third-order valence-corrected chi connectivity index (χ3v) is 8.99. The lowest BCUT2D eigenvalue weighted by molar-refractivity contribution is -0.149. The molecule has 1 aliphatic carbocycles. The number of β-amino-alcohol motifs (C(OH)–C–C–N with tert-alkyl or cyclic N) is 1. The number of likely N-dealkylation sites (tertiary alicyclic amines) is 1. The van der Waals surface area contributed by atoms with Crippen LogP contribution in [0.5, 0.6) is 5.75 Å². The number of carbonyl (C=O) groups is 2. The summed E-state index contributed by atoms with van der Waals surface area (Å²) in [5.74, 6) is 0.795. The first-order valence-corrected chi connectivity index (χ1v) is 14.7. The molecule has 2 heterocycles. The van der Waals surface area contributed by atoms with Gasteiger partial charge in [0.1, 0.15) is 17.8 Å². The number of hydrazine groups is 2. The van der Waals surface area contributed by atoms with Gasteiger partial charge in [0.05, 0.1) is 29.8 Å². The number of hydrogen-bond acceptors (Lipinski definition) is 7. The van der Waals surface area contributed by atoms with Crippen LogP contribution in [0.2, 0.25) is 0 Å². The highest BCUT2D eigenvalue weighted by Crippen LogP contribution is 2.42. The van der Waals surface area contributed by atoms with Gasteiger partial charge in [0, 0.05) is 20.0 Å². The Balaban J connectivity index is 1.72. The van der Waals surface area contributed by atoms with Gasteiger partial charge >= 0.3 is 0 Å². The Hall–Kier alpha value is -1.72. The Labute approximate surface area is 235 Å². The van der Waals surface area contributed by atoms with Crippen LogP contribution in [0.3, 0.4) is 0 Å². The Morgan fingerprint density at radius 2 is 1.87 bits per heavy atom. The molecule has 1 aromatic rings. The van der Waals surface area contributed by atoms with Gasteiger partial charge in [-0.05, 0) is 57.8 Å². The molecular formula is C28H44BrN5O4. The summed E-state index contributed by atoms with van der Waals surface area (Å²) in [6, 6.07) is 4.91. The number of aliphatic hydroxyl groups is 1. The van der Waals surface area contributed by atoms with Gasteiger partial charge in [-0.2, -0.15) is 5.53 Å². The summed E-state index contributed by atoms with van der Waals surface area (Å²) >= 11 is 3.65. The number of rotatable bonds is 6. The number of hydrogen-bond donors (Lipinski definition) is 4. The SMILES string of the molecule is CNC(=O)[C@@H]1C[C@@H](O)CN1C(=O)[C@@H](N1NNC(c2ccc(OC)c(Br)c2)C1C1CCCCCC1)C(C)(C)C. The van der Waals surface area contributed by atoms with Gasteiger partial charge in [-0.1, -0.05) is 52.5 Å². The van der Waals surface area contributed by atoms with Crippen molar-refractivity contribution in [3.8, 4) is 5.75 Å². The third-order valence-electron chi connectivity index (χ3n) is 8.37. The molecule has 212 valence electrons. The van der Waals surface area contributed by atoms with Crippen molar-refractivity contribution >= 4 is 27.7 Å². The Morgan fingerprint density at radius 3 is 2.45 bits per heavy atom. The molecule has 3 fully saturated rings. The fourth-order valence-electron chi connectivity index (χ4n) is 6.55. The average Bonchev–Trinajstić information content (AvgIpc) is 3.37. The molecule has 9 nitrogen and oxygen atoms in total. The van der Waals surface area contributed by atoms with Gasteiger partial charge < -0.3 is 20.1 Å². The van der Waals surface area contributed by atoms with Crippen molar-refractivity contribution in [3.05, 3.63) is 28.2 Å². The van der Waals surface area contributed by atoms with E-state index >= 15 is 0 Å². The van der Waals surface area contributed by atoms with Crippen molar-refractivity contribution in [2.75, 3.05) is 20.7 Å². The number of halogens is 1. The van der Waals surface area contributed by atoms with E-state index in [0.29, 0.717) is 5.92 Å². The summed E-state index contributed by atoms with van der Waals surface area (Å²) in [5.41, 5.74) is 7.62. The number of aliphatic hydroxyl groups excluding tert-OH is 1. The first kappa shape index (κ1) is 29.3. The van der Waals surface area contributed by atoms with Gasteiger partial charge in [0.25, 0.3) is 0 Å². The molecule has 3 aliphatic rings. The fraction of sp³-hybridized carbons (Fsp3) is 0.714. The summed E-state index contributed by atoms with van der Waals surface area (Å²) in [7, 11) is 3.23. The maximum Gasteiger partial charge on any atom is 0.242 e. The quantitative estimate of drug-likeness (QED) is 0.375. The zero-order chi connectivity index (χ0) is 27.6.